The van der Waals surface area contributed by atoms with Crippen molar-refractivity contribution in [2.45, 2.75) is 19.6 Å². The summed E-state index contributed by atoms with van der Waals surface area (Å²) in [5, 5.41) is 0.957. The van der Waals surface area contributed by atoms with Gasteiger partial charge in [0.1, 0.15) is 0 Å². The number of aromatic nitrogens is 1. The van der Waals surface area contributed by atoms with Gasteiger partial charge in [-0.2, -0.15) is 0 Å². The molecule has 0 saturated heterocycles. The first kappa shape index (κ1) is 23.2. The molecule has 0 spiro atoms. The second-order valence-corrected chi connectivity index (χ2v) is 8.93. The van der Waals surface area contributed by atoms with Crippen molar-refractivity contribution in [1.82, 2.24) is 4.98 Å². The van der Waals surface area contributed by atoms with Crippen LogP contribution in [0.15, 0.2) is 48.5 Å². The van der Waals surface area contributed by atoms with Crippen molar-refractivity contribution in [3.05, 3.63) is 64.0 Å². The van der Waals surface area contributed by atoms with Crippen LogP contribution in [0.25, 0.3) is 0 Å². The second-order valence-electron chi connectivity index (χ2n) is 6.37. The number of amides is 1. The van der Waals surface area contributed by atoms with E-state index in [9.17, 15) is 18.4 Å². The summed E-state index contributed by atoms with van der Waals surface area (Å²) in [6.45, 7) is -1.30. The van der Waals surface area contributed by atoms with Crippen molar-refractivity contribution in [2.24, 2.45) is 5.73 Å². The van der Waals surface area contributed by atoms with Crippen molar-refractivity contribution in [1.29, 1.82) is 0 Å². The maximum absolute atomic E-state index is 13.0. The topological polar surface area (TPSA) is 85.5 Å². The molecule has 2 aromatic carbocycles. The van der Waals surface area contributed by atoms with Crippen molar-refractivity contribution in [3.8, 4) is 5.75 Å². The van der Waals surface area contributed by atoms with Gasteiger partial charge in [0, 0.05) is 0 Å². The number of hydrogen-bond acceptors (Lipinski definition) is 6. The summed E-state index contributed by atoms with van der Waals surface area (Å²) in [5.74, 6) is -0.910. The number of nitrogens with zero attached hydrogens (tertiary/aromatic N) is 2. The van der Waals surface area contributed by atoms with E-state index in [0.717, 1.165) is 28.2 Å². The Balaban J connectivity index is 1.95. The Kier molecular flexibility index (Phi) is 7.30. The fourth-order valence-electron chi connectivity index (χ4n) is 2.73. The zero-order valence-corrected chi connectivity index (χ0v) is 20.1. The van der Waals surface area contributed by atoms with E-state index < -0.39 is 18.6 Å². The van der Waals surface area contributed by atoms with E-state index in [4.69, 9.17) is 17.3 Å². The van der Waals surface area contributed by atoms with Crippen molar-refractivity contribution in [3.63, 3.8) is 0 Å². The zero-order valence-electron chi connectivity index (χ0n) is 16.1. The second kappa shape index (κ2) is 9.76. The molecule has 6 nitrogen and oxygen atoms in total. The fourth-order valence-corrected chi connectivity index (χ4v) is 5.01. The van der Waals surface area contributed by atoms with Gasteiger partial charge in [-0.3, -0.25) is 0 Å². The number of hydrogen-bond donors (Lipinski definition) is 1. The molecular weight excluding hydrogens is 511 g/mol. The van der Waals surface area contributed by atoms with Crippen LogP contribution in [-0.4, -0.2) is 46.2 Å². The molecule has 31 heavy (non-hydrogen) atoms. The third kappa shape index (κ3) is 5.42. The van der Waals surface area contributed by atoms with Crippen LogP contribution in [0, 0.1) is 0 Å². The van der Waals surface area contributed by atoms with Crippen LogP contribution in [0.3, 0.4) is 0 Å². The maximum atomic E-state index is 13.0. The number of carbonyl (C=O) groups excluding carboxylic acids is 2. The van der Waals surface area contributed by atoms with Gasteiger partial charge in [-0.1, -0.05) is 0 Å². The van der Waals surface area contributed by atoms with Gasteiger partial charge < -0.3 is 0 Å². The fraction of sp³-hybridized carbons (Fsp3) is 0.150. The number of primary amides is 1. The quantitative estimate of drug-likeness (QED) is 0.360. The van der Waals surface area contributed by atoms with E-state index in [2.05, 4.69) is 9.72 Å². The van der Waals surface area contributed by atoms with Gasteiger partial charge in [0.25, 0.3) is 0 Å². The van der Waals surface area contributed by atoms with E-state index in [0.29, 0.717) is 30.8 Å². The van der Waals surface area contributed by atoms with E-state index in [1.807, 2.05) is 0 Å². The number of benzene rings is 2. The molecule has 0 saturated carbocycles. The standard InChI is InChI=1S/C20H17AsClF2N3O3S/c1-10(18(25)29)27(13-6-4-12(22)5-7-13)20-26-17(21)16(31-20)15(28)11-2-8-14(9-3-11)30-19(23)24/h2-10,19H,21H2,1H3,(H2,25,29)/t10-/m1/s1. The van der Waals surface area contributed by atoms with E-state index in [-0.39, 0.29) is 11.5 Å². The predicted octanol–water partition coefficient (Wildman–Crippen LogP) is 2.90. The first-order chi connectivity index (χ1) is 14.7. The Bertz CT molecular complexity index is 1090. The Morgan fingerprint density at radius 2 is 1.77 bits per heavy atom. The minimum atomic E-state index is -2.94. The Morgan fingerprint density at radius 3 is 2.32 bits per heavy atom. The van der Waals surface area contributed by atoms with Crippen molar-refractivity contribution in [2.75, 3.05) is 4.90 Å². The van der Waals surface area contributed by atoms with Gasteiger partial charge in [0.05, 0.1) is 0 Å². The molecule has 11 heteroatoms. The molecule has 1 heterocycles. The average Bonchev–Trinajstić information content (AvgIpc) is 3.10. The first-order valence-corrected chi connectivity index (χ1v) is 11.3. The SMILES string of the molecule is C[C@H](C(N)=O)N(c1ccc(Cl)cc1)c1nc([AsH2])c(C(=O)c2ccc(OC(F)F)cc2)s1. The molecule has 0 aliphatic heterocycles. The molecular formula is C20H17AsClF2N3O3S. The average molecular weight is 528 g/mol. The van der Waals surface area contributed by atoms with Crippen LogP contribution < -0.4 is 19.9 Å². The van der Waals surface area contributed by atoms with Gasteiger partial charge in [-0.15, -0.1) is 0 Å². The molecule has 3 aromatic rings. The number of ether oxygens (including phenoxy) is 1. The van der Waals surface area contributed by atoms with Gasteiger partial charge in [0.2, 0.25) is 0 Å². The molecule has 1 aromatic heterocycles. The molecule has 0 bridgehead atoms. The molecule has 2 atom stereocenters. The first-order valence-electron chi connectivity index (χ1n) is 8.87. The van der Waals surface area contributed by atoms with Gasteiger partial charge in [0.15, 0.2) is 0 Å². The molecule has 1 unspecified atom stereocenters. The number of rotatable bonds is 8. The summed E-state index contributed by atoms with van der Waals surface area (Å²) in [7, 11) is 0. The monoisotopic (exact) mass is 527 g/mol. The molecule has 2 N–H and O–H groups in total. The van der Waals surface area contributed by atoms with Crippen molar-refractivity contribution >= 4 is 66.8 Å². The number of halogens is 3. The number of carbonyl (C=O) groups is 2. The number of nitrogens with two attached hydrogens (primary N) is 1. The molecule has 0 fully saturated rings. The number of thiazole rings is 1. The summed E-state index contributed by atoms with van der Waals surface area (Å²) >= 11 is 8.22. The van der Waals surface area contributed by atoms with Crippen LogP contribution in [-0.2, 0) is 4.79 Å². The van der Waals surface area contributed by atoms with E-state index in [1.165, 1.54) is 24.3 Å². The molecule has 162 valence electrons. The Labute approximate surface area is 194 Å². The van der Waals surface area contributed by atoms with Gasteiger partial charge in [-0.05, 0) is 0 Å². The predicted molar refractivity (Wildman–Crippen MR) is 119 cm³/mol. The molecule has 1 amide bonds. The van der Waals surface area contributed by atoms with Crippen LogP contribution in [0.2, 0.25) is 5.02 Å². The van der Waals surface area contributed by atoms with Crippen LogP contribution in [0.4, 0.5) is 19.6 Å². The molecule has 0 aliphatic carbocycles. The third-order valence-corrected chi connectivity index (χ3v) is 6.94. The Hall–Kier alpha value is -2.48. The number of anilines is 2. The number of alkyl halides is 2. The molecule has 0 aliphatic rings. The summed E-state index contributed by atoms with van der Waals surface area (Å²) in [6.07, 6.45) is 0. The van der Waals surface area contributed by atoms with Crippen molar-refractivity contribution < 1.29 is 23.1 Å². The Morgan fingerprint density at radius 1 is 1.16 bits per heavy atom. The molecule has 3 rings (SSSR count). The normalized spacial score (nSPS) is 11.9. The summed E-state index contributed by atoms with van der Waals surface area (Å²) in [4.78, 5) is 31.4. The third-order valence-electron chi connectivity index (χ3n) is 4.30. The van der Waals surface area contributed by atoms with E-state index >= 15 is 0 Å². The minimum absolute atomic E-state index is 0.0401. The molecule has 0 radical (unpaired) electrons. The number of ketones is 1. The van der Waals surface area contributed by atoms with Crippen LogP contribution in [0.5, 0.6) is 5.75 Å². The van der Waals surface area contributed by atoms with Crippen LogP contribution >= 0.6 is 22.9 Å². The van der Waals surface area contributed by atoms with Gasteiger partial charge >= 0.3 is 195 Å². The van der Waals surface area contributed by atoms with E-state index in [1.54, 1.807) is 36.1 Å². The van der Waals surface area contributed by atoms with Gasteiger partial charge in [-0.25, -0.2) is 0 Å². The van der Waals surface area contributed by atoms with Crippen LogP contribution in [0.1, 0.15) is 22.2 Å². The zero-order chi connectivity index (χ0) is 22.7. The summed E-state index contributed by atoms with van der Waals surface area (Å²) in [5.41, 5.74) is 6.47. The summed E-state index contributed by atoms with van der Waals surface area (Å²) < 4.78 is 29.5. The summed E-state index contributed by atoms with van der Waals surface area (Å²) in [6, 6.07) is 11.5.